The molecule has 0 radical (unpaired) electrons. The molecule has 6 heteroatoms. The average molecular weight is 327 g/mol. The van der Waals surface area contributed by atoms with Crippen LogP contribution in [0.15, 0.2) is 28.0 Å². The fourth-order valence-corrected chi connectivity index (χ4v) is 6.18. The molecule has 1 aliphatic heterocycles. The first kappa shape index (κ1) is 13.7. The predicted molar refractivity (Wildman–Crippen MR) is 74.5 cm³/mol. The summed E-state index contributed by atoms with van der Waals surface area (Å²) in [5.74, 6) is -0.0275. The van der Waals surface area contributed by atoms with Gasteiger partial charge >= 0.3 is 5.51 Å². The van der Waals surface area contributed by atoms with Crippen LogP contribution in [0, 0.1) is 5.92 Å². The second kappa shape index (κ2) is 4.34. The quantitative estimate of drug-likeness (QED) is 0.565. The van der Waals surface area contributed by atoms with Crippen molar-refractivity contribution < 1.29 is 13.2 Å². The maximum absolute atomic E-state index is 13.5. The minimum atomic E-state index is -4.44. The molecule has 0 N–H and O–H groups in total. The van der Waals surface area contributed by atoms with E-state index < -0.39 is 14.7 Å². The van der Waals surface area contributed by atoms with E-state index in [1.165, 1.54) is 6.07 Å². The van der Waals surface area contributed by atoms with Crippen LogP contribution in [0.1, 0.15) is 24.8 Å². The van der Waals surface area contributed by atoms with E-state index in [2.05, 4.69) is 0 Å². The van der Waals surface area contributed by atoms with Gasteiger partial charge in [0.1, 0.15) is 0 Å². The van der Waals surface area contributed by atoms with Gasteiger partial charge in [-0.05, 0) is 67.4 Å². The van der Waals surface area contributed by atoms with Crippen LogP contribution in [0.5, 0.6) is 0 Å². The number of rotatable bonds is 1. The maximum Gasteiger partial charge on any atom is 0.445 e. The highest BCUT2D eigenvalue weighted by Crippen LogP contribution is 2.81. The van der Waals surface area contributed by atoms with E-state index in [1.807, 2.05) is 0 Å². The third-order valence-corrected chi connectivity index (χ3v) is 8.22. The molecule has 0 bridgehead atoms. The van der Waals surface area contributed by atoms with E-state index in [4.69, 9.17) is 22.3 Å². The van der Waals surface area contributed by atoms with E-state index in [9.17, 15) is 13.2 Å². The number of hydrogen-bond donors (Lipinski definition) is 0. The SMILES string of the molecule is FC(F)(F)S1(Cl)C(C2CCC2)=Cc2ccc(Cl)cc21. The van der Waals surface area contributed by atoms with Crippen LogP contribution in [0.4, 0.5) is 13.2 Å². The van der Waals surface area contributed by atoms with Gasteiger partial charge in [0.25, 0.3) is 0 Å². The first-order chi connectivity index (χ1) is 8.84. The van der Waals surface area contributed by atoms with Crippen molar-refractivity contribution in [2.75, 3.05) is 0 Å². The number of benzene rings is 1. The van der Waals surface area contributed by atoms with Crippen LogP contribution >= 0.6 is 31.5 Å². The van der Waals surface area contributed by atoms with E-state index in [0.717, 1.165) is 19.3 Å². The lowest BCUT2D eigenvalue weighted by Gasteiger charge is -2.40. The summed E-state index contributed by atoms with van der Waals surface area (Å²) in [5.41, 5.74) is -3.88. The highest BCUT2D eigenvalue weighted by Gasteiger charge is 2.57. The molecule has 104 valence electrons. The lowest BCUT2D eigenvalue weighted by Crippen LogP contribution is -2.23. The second-order valence-corrected chi connectivity index (χ2v) is 9.11. The first-order valence-electron chi connectivity index (χ1n) is 5.94. The first-order valence-corrected chi connectivity index (χ1v) is 8.78. The summed E-state index contributed by atoms with van der Waals surface area (Å²) < 4.78 is 40.6. The Morgan fingerprint density at radius 2 is 1.89 bits per heavy atom. The van der Waals surface area contributed by atoms with Gasteiger partial charge in [0.15, 0.2) is 0 Å². The summed E-state index contributed by atoms with van der Waals surface area (Å²) in [6.45, 7) is 0. The van der Waals surface area contributed by atoms with Crippen molar-refractivity contribution in [1.82, 2.24) is 0 Å². The van der Waals surface area contributed by atoms with Gasteiger partial charge in [0.05, 0.1) is 0 Å². The van der Waals surface area contributed by atoms with Crippen LogP contribution in [-0.4, -0.2) is 5.51 Å². The summed E-state index contributed by atoms with van der Waals surface area (Å²) in [4.78, 5) is 0.515. The monoisotopic (exact) mass is 326 g/mol. The van der Waals surface area contributed by atoms with Gasteiger partial charge in [0, 0.05) is 9.92 Å². The number of halogens is 5. The van der Waals surface area contributed by atoms with Gasteiger partial charge in [-0.3, -0.25) is 0 Å². The molecule has 1 saturated carbocycles. The molecular weight excluding hydrogens is 316 g/mol. The Hall–Kier alpha value is -0.320. The van der Waals surface area contributed by atoms with Crippen LogP contribution in [0.3, 0.4) is 0 Å². The van der Waals surface area contributed by atoms with Gasteiger partial charge in [-0.2, -0.15) is 13.2 Å². The van der Waals surface area contributed by atoms with Gasteiger partial charge in [-0.15, -0.1) is 0 Å². The van der Waals surface area contributed by atoms with Crippen molar-refractivity contribution in [3.63, 3.8) is 0 Å². The van der Waals surface area contributed by atoms with Crippen molar-refractivity contribution >= 4 is 37.6 Å². The largest absolute Gasteiger partial charge is 0.445 e. The zero-order valence-electron chi connectivity index (χ0n) is 9.81. The van der Waals surface area contributed by atoms with Crippen LogP contribution in [0.2, 0.25) is 5.02 Å². The molecule has 19 heavy (non-hydrogen) atoms. The molecule has 1 atom stereocenters. The third-order valence-electron chi connectivity index (χ3n) is 3.73. The molecule has 1 aliphatic carbocycles. The molecule has 1 aromatic rings. The smallest absolute Gasteiger partial charge is 0.160 e. The third kappa shape index (κ3) is 1.91. The molecule has 1 fully saturated rings. The Morgan fingerprint density at radius 3 is 2.42 bits per heavy atom. The van der Waals surface area contributed by atoms with Gasteiger partial charge in [0.2, 0.25) is 0 Å². The number of hydrogen-bond acceptors (Lipinski definition) is 0. The highest BCUT2D eigenvalue weighted by molar-refractivity contribution is 8.54. The molecule has 1 aromatic carbocycles. The Morgan fingerprint density at radius 1 is 1.21 bits per heavy atom. The van der Waals surface area contributed by atoms with Gasteiger partial charge in [-0.25, -0.2) is 0 Å². The van der Waals surface area contributed by atoms with E-state index in [-0.39, 0.29) is 10.8 Å². The van der Waals surface area contributed by atoms with Crippen LogP contribution in [-0.2, 0) is 0 Å². The summed E-state index contributed by atoms with van der Waals surface area (Å²) in [7, 11) is 2.70. The fraction of sp³-hybridized carbons (Fsp3) is 0.385. The zero-order chi connectivity index (χ0) is 13.8. The van der Waals surface area contributed by atoms with E-state index in [1.54, 1.807) is 18.2 Å². The molecule has 0 aromatic heterocycles. The Labute approximate surface area is 120 Å². The lowest BCUT2D eigenvalue weighted by molar-refractivity contribution is -0.0362. The highest BCUT2D eigenvalue weighted by atomic mass is 35.7. The summed E-state index contributed by atoms with van der Waals surface area (Å²) in [5, 5.41) is 0.295. The Bertz CT molecular complexity index is 563. The number of alkyl halides is 3. The Kier molecular flexibility index (Phi) is 3.12. The van der Waals surface area contributed by atoms with Gasteiger partial charge in [-0.1, -0.05) is 24.1 Å². The van der Waals surface area contributed by atoms with E-state index in [0.29, 0.717) is 15.5 Å². The normalized spacial score (nSPS) is 30.3. The van der Waals surface area contributed by atoms with E-state index >= 15 is 0 Å². The number of allylic oxidation sites excluding steroid dienone is 1. The summed E-state index contributed by atoms with van der Waals surface area (Å²) in [6, 6.07) is 4.60. The maximum atomic E-state index is 13.5. The zero-order valence-corrected chi connectivity index (χ0v) is 12.1. The summed E-state index contributed by atoms with van der Waals surface area (Å²) >= 11 is 5.84. The minimum Gasteiger partial charge on any atom is -0.160 e. The topological polar surface area (TPSA) is 0 Å². The van der Waals surface area contributed by atoms with Crippen LogP contribution < -0.4 is 0 Å². The molecule has 1 heterocycles. The molecule has 0 spiro atoms. The molecular formula is C13H11Cl2F3S. The molecule has 0 nitrogen and oxygen atoms in total. The predicted octanol–water partition coefficient (Wildman–Crippen LogP) is 6.33. The van der Waals surface area contributed by atoms with Crippen molar-refractivity contribution in [3.8, 4) is 0 Å². The van der Waals surface area contributed by atoms with Crippen molar-refractivity contribution in [3.05, 3.63) is 33.7 Å². The Balaban J connectivity index is 2.17. The lowest BCUT2D eigenvalue weighted by atomic mass is 9.85. The standard InChI is InChI=1S/C13H11Cl2F3S/c14-10-5-4-9-6-11(8-2-1-3-8)19(15,12(9)7-10)13(16,17)18/h4-8H,1-3H2. The number of fused-ring (bicyclic) bond motifs is 1. The van der Waals surface area contributed by atoms with Crippen molar-refractivity contribution in [1.29, 1.82) is 0 Å². The fourth-order valence-electron chi connectivity index (χ4n) is 2.53. The molecule has 1 unspecified atom stereocenters. The van der Waals surface area contributed by atoms with Crippen molar-refractivity contribution in [2.24, 2.45) is 5.92 Å². The minimum absolute atomic E-state index is 0.0275. The second-order valence-electron chi connectivity index (χ2n) is 4.84. The molecule has 3 rings (SSSR count). The molecule has 2 aliphatic rings. The summed E-state index contributed by atoms with van der Waals surface area (Å²) in [6.07, 6.45) is 4.20. The molecule has 0 amide bonds. The van der Waals surface area contributed by atoms with Gasteiger partial charge < -0.3 is 0 Å². The van der Waals surface area contributed by atoms with Crippen molar-refractivity contribution in [2.45, 2.75) is 29.7 Å². The van der Waals surface area contributed by atoms with Crippen LogP contribution in [0.25, 0.3) is 6.08 Å². The average Bonchev–Trinajstić information content (AvgIpc) is 2.52. The molecule has 0 saturated heterocycles.